The molecular weight excluding hydrogens is 534 g/mol. The molecule has 1 N–H and O–H groups in total. The Balaban J connectivity index is 1.43. The molecule has 0 radical (unpaired) electrons. The van der Waals surface area contributed by atoms with Gasteiger partial charge in [-0.05, 0) is 49.1 Å². The summed E-state index contributed by atoms with van der Waals surface area (Å²) in [7, 11) is 1.64. The van der Waals surface area contributed by atoms with Crippen LogP contribution >= 0.6 is 0 Å². The number of carbonyl (C=O) groups is 2. The fraction of sp³-hybridized carbons (Fsp3) is 0.243. The number of amides is 2. The summed E-state index contributed by atoms with van der Waals surface area (Å²) >= 11 is 0. The highest BCUT2D eigenvalue weighted by atomic mass is 16.5. The third-order valence-electron chi connectivity index (χ3n) is 7.96. The van der Waals surface area contributed by atoms with Crippen LogP contribution in [0.3, 0.4) is 0 Å². The van der Waals surface area contributed by atoms with Gasteiger partial charge in [-0.25, -0.2) is 0 Å². The minimum atomic E-state index is -0.508. The maximum atomic E-state index is 14.3. The number of para-hydroxylation sites is 2. The number of fused-ring (bicyclic) bond motifs is 1. The molecule has 6 nitrogen and oxygen atoms in total. The van der Waals surface area contributed by atoms with E-state index in [-0.39, 0.29) is 24.4 Å². The van der Waals surface area contributed by atoms with Gasteiger partial charge >= 0.3 is 0 Å². The van der Waals surface area contributed by atoms with Gasteiger partial charge in [-0.15, -0.1) is 0 Å². The van der Waals surface area contributed by atoms with Gasteiger partial charge in [-0.2, -0.15) is 0 Å². The van der Waals surface area contributed by atoms with Crippen molar-refractivity contribution in [3.05, 3.63) is 138 Å². The van der Waals surface area contributed by atoms with E-state index in [0.717, 1.165) is 38.9 Å². The highest BCUT2D eigenvalue weighted by Crippen LogP contribution is 2.28. The van der Waals surface area contributed by atoms with E-state index in [9.17, 15) is 9.59 Å². The average Bonchev–Trinajstić information content (AvgIpc) is 3.46. The van der Waals surface area contributed by atoms with Crippen LogP contribution in [0.2, 0.25) is 0 Å². The Morgan fingerprint density at radius 3 is 2.02 bits per heavy atom. The molecule has 5 aromatic rings. The lowest BCUT2D eigenvalue weighted by Gasteiger charge is -2.33. The molecule has 0 aliphatic rings. The van der Waals surface area contributed by atoms with Crippen molar-refractivity contribution in [1.82, 2.24) is 14.8 Å². The van der Waals surface area contributed by atoms with Gasteiger partial charge in [0, 0.05) is 41.8 Å². The molecule has 0 bridgehead atoms. The van der Waals surface area contributed by atoms with E-state index in [1.165, 1.54) is 0 Å². The largest absolute Gasteiger partial charge is 0.496 e. The summed E-state index contributed by atoms with van der Waals surface area (Å²) in [5.41, 5.74) is 4.96. The molecule has 0 unspecified atom stereocenters. The second-order valence-corrected chi connectivity index (χ2v) is 11.1. The molecule has 0 fully saturated rings. The van der Waals surface area contributed by atoms with Crippen molar-refractivity contribution in [2.75, 3.05) is 20.2 Å². The number of nitrogens with one attached hydrogen (secondary N) is 1. The average molecular weight is 574 g/mol. The predicted octanol–water partition coefficient (Wildman–Crippen LogP) is 6.82. The summed E-state index contributed by atoms with van der Waals surface area (Å²) in [6, 6.07) is 35.4. The molecule has 1 aromatic heterocycles. The molecule has 2 amide bonds. The molecule has 0 aliphatic heterocycles. The zero-order chi connectivity index (χ0) is 30.2. The molecular formula is C37H39N3O3. The van der Waals surface area contributed by atoms with Crippen LogP contribution in [0.5, 0.6) is 5.75 Å². The zero-order valence-corrected chi connectivity index (χ0v) is 25.1. The number of nitrogens with zero attached hydrogens (tertiary/aromatic N) is 2. The molecule has 0 aliphatic carbocycles. The van der Waals surface area contributed by atoms with E-state index in [1.54, 1.807) is 12.0 Å². The first-order valence-corrected chi connectivity index (χ1v) is 14.8. The third-order valence-corrected chi connectivity index (χ3v) is 7.96. The van der Waals surface area contributed by atoms with Crippen molar-refractivity contribution in [2.24, 2.45) is 0 Å². The summed E-state index contributed by atoms with van der Waals surface area (Å²) in [5, 5.41) is 1.15. The number of carbonyl (C=O) groups excluding carboxylic acids is 2. The van der Waals surface area contributed by atoms with Gasteiger partial charge in [0.15, 0.2) is 0 Å². The van der Waals surface area contributed by atoms with Gasteiger partial charge in [-0.3, -0.25) is 9.59 Å². The van der Waals surface area contributed by atoms with Crippen LogP contribution in [0, 0.1) is 0 Å². The number of rotatable bonds is 12. The Bertz CT molecular complexity index is 1610. The van der Waals surface area contributed by atoms with Crippen LogP contribution in [-0.2, 0) is 22.6 Å². The molecule has 1 heterocycles. The maximum Gasteiger partial charge on any atom is 0.242 e. The number of aromatic amines is 1. The molecule has 0 saturated heterocycles. The molecule has 220 valence electrons. The standard InChI is InChI=1S/C37H39N3O3/c1-27(2)40(37(42)36(28-14-6-4-7-15-28)29-16-8-5-9-17-29)26-35(41)39(25-31-18-10-13-21-34(31)43-3)23-22-30-24-38-33-20-12-11-19-32(30)33/h4-21,24,27,36,38H,22-23,25-26H2,1-3H3. The van der Waals surface area contributed by atoms with E-state index in [0.29, 0.717) is 19.5 Å². The Labute approximate surface area is 253 Å². The minimum Gasteiger partial charge on any atom is -0.496 e. The van der Waals surface area contributed by atoms with Crippen molar-refractivity contribution in [3.8, 4) is 5.75 Å². The van der Waals surface area contributed by atoms with E-state index in [2.05, 4.69) is 17.1 Å². The number of hydrogen-bond acceptors (Lipinski definition) is 3. The quantitative estimate of drug-likeness (QED) is 0.178. The molecule has 0 atom stereocenters. The summed E-state index contributed by atoms with van der Waals surface area (Å²) < 4.78 is 5.61. The van der Waals surface area contributed by atoms with Gasteiger partial charge in [0.05, 0.1) is 13.0 Å². The Morgan fingerprint density at radius 2 is 1.37 bits per heavy atom. The number of benzene rings is 4. The van der Waals surface area contributed by atoms with Crippen LogP contribution in [0.4, 0.5) is 0 Å². The SMILES string of the molecule is COc1ccccc1CN(CCc1c[nH]c2ccccc12)C(=O)CN(C(=O)C(c1ccccc1)c1ccccc1)C(C)C. The molecule has 5 rings (SSSR count). The minimum absolute atomic E-state index is 0.0182. The molecule has 0 saturated carbocycles. The molecule has 4 aromatic carbocycles. The van der Waals surface area contributed by atoms with Crippen LogP contribution in [0.25, 0.3) is 10.9 Å². The van der Waals surface area contributed by atoms with E-state index in [1.807, 2.05) is 122 Å². The first-order valence-electron chi connectivity index (χ1n) is 14.8. The summed E-state index contributed by atoms with van der Waals surface area (Å²) in [6.07, 6.45) is 2.70. The van der Waals surface area contributed by atoms with Crippen molar-refractivity contribution >= 4 is 22.7 Å². The first kappa shape index (κ1) is 29.6. The van der Waals surface area contributed by atoms with Gasteiger partial charge < -0.3 is 19.5 Å². The second-order valence-electron chi connectivity index (χ2n) is 11.1. The molecule has 43 heavy (non-hydrogen) atoms. The Hall–Kier alpha value is -4.84. The normalized spacial score (nSPS) is 11.2. The fourth-order valence-corrected chi connectivity index (χ4v) is 5.62. The van der Waals surface area contributed by atoms with Gasteiger partial charge in [0.1, 0.15) is 12.3 Å². The van der Waals surface area contributed by atoms with Gasteiger partial charge in [0.25, 0.3) is 0 Å². The fourth-order valence-electron chi connectivity index (χ4n) is 5.62. The monoisotopic (exact) mass is 573 g/mol. The van der Waals surface area contributed by atoms with Crippen molar-refractivity contribution < 1.29 is 14.3 Å². The van der Waals surface area contributed by atoms with E-state index >= 15 is 0 Å². The zero-order valence-electron chi connectivity index (χ0n) is 25.1. The third kappa shape index (κ3) is 6.97. The number of hydrogen-bond donors (Lipinski definition) is 1. The van der Waals surface area contributed by atoms with E-state index in [4.69, 9.17) is 4.74 Å². The van der Waals surface area contributed by atoms with Crippen LogP contribution in [0.15, 0.2) is 115 Å². The number of ether oxygens (including phenoxy) is 1. The predicted molar refractivity (Wildman–Crippen MR) is 172 cm³/mol. The summed E-state index contributed by atoms with van der Waals surface area (Å²) in [5.74, 6) is 0.0335. The second kappa shape index (κ2) is 13.9. The van der Waals surface area contributed by atoms with Crippen LogP contribution in [-0.4, -0.2) is 52.8 Å². The van der Waals surface area contributed by atoms with Gasteiger partial charge in [-0.1, -0.05) is 97.1 Å². The number of H-pyrrole nitrogens is 1. The van der Waals surface area contributed by atoms with Crippen molar-refractivity contribution in [3.63, 3.8) is 0 Å². The highest BCUT2D eigenvalue weighted by molar-refractivity contribution is 5.91. The maximum absolute atomic E-state index is 14.3. The first-order chi connectivity index (χ1) is 21.0. The Morgan fingerprint density at radius 1 is 0.767 bits per heavy atom. The molecule has 0 spiro atoms. The lowest BCUT2D eigenvalue weighted by molar-refractivity contribution is -0.142. The van der Waals surface area contributed by atoms with Gasteiger partial charge in [0.2, 0.25) is 11.8 Å². The summed E-state index contributed by atoms with van der Waals surface area (Å²) in [6.45, 7) is 4.80. The van der Waals surface area contributed by atoms with Crippen LogP contribution in [0.1, 0.15) is 42.0 Å². The van der Waals surface area contributed by atoms with Crippen molar-refractivity contribution in [2.45, 2.75) is 38.8 Å². The smallest absolute Gasteiger partial charge is 0.242 e. The Kier molecular flexibility index (Phi) is 9.57. The molecule has 6 heteroatoms. The number of methoxy groups -OCH3 is 1. The lowest BCUT2D eigenvalue weighted by atomic mass is 9.89. The van der Waals surface area contributed by atoms with E-state index < -0.39 is 5.92 Å². The summed E-state index contributed by atoms with van der Waals surface area (Å²) in [4.78, 5) is 35.4. The van der Waals surface area contributed by atoms with Crippen molar-refractivity contribution in [1.29, 1.82) is 0 Å². The number of aromatic nitrogens is 1. The lowest BCUT2D eigenvalue weighted by Crippen LogP contribution is -2.47. The highest BCUT2D eigenvalue weighted by Gasteiger charge is 2.31. The topological polar surface area (TPSA) is 65.6 Å². The van der Waals surface area contributed by atoms with Crippen LogP contribution < -0.4 is 4.74 Å².